The molecule has 1 fully saturated rings. The molecule has 2 atom stereocenters. The molecule has 4 aromatic rings. The summed E-state index contributed by atoms with van der Waals surface area (Å²) in [5, 5.41) is 7.40. The van der Waals surface area contributed by atoms with Crippen molar-refractivity contribution in [2.45, 2.75) is 66.3 Å². The van der Waals surface area contributed by atoms with Gasteiger partial charge in [-0.15, -0.1) is 13.2 Å². The number of rotatable bonds is 7. The van der Waals surface area contributed by atoms with Gasteiger partial charge in [-0.3, -0.25) is 0 Å². The van der Waals surface area contributed by atoms with Crippen LogP contribution in [0.1, 0.15) is 58.8 Å². The van der Waals surface area contributed by atoms with Gasteiger partial charge in [0.2, 0.25) is 5.95 Å². The molecule has 0 aliphatic heterocycles. The molecule has 2 aromatic heterocycles. The first kappa shape index (κ1) is 26.9. The summed E-state index contributed by atoms with van der Waals surface area (Å²) in [6.07, 6.45) is -1.60. The predicted molar refractivity (Wildman–Crippen MR) is 143 cm³/mol. The number of nitrogens with one attached hydrogen (secondary N) is 1. The van der Waals surface area contributed by atoms with Crippen LogP contribution < -0.4 is 14.8 Å². The van der Waals surface area contributed by atoms with Gasteiger partial charge < -0.3 is 23.9 Å². The van der Waals surface area contributed by atoms with E-state index in [1.807, 2.05) is 26.0 Å². The molecule has 1 aliphatic rings. The van der Waals surface area contributed by atoms with Crippen LogP contribution in [0.25, 0.3) is 22.2 Å². The van der Waals surface area contributed by atoms with Crippen LogP contribution in [-0.2, 0) is 0 Å². The third kappa shape index (κ3) is 5.84. The highest BCUT2D eigenvalue weighted by molar-refractivity contribution is 5.86. The lowest BCUT2D eigenvalue weighted by atomic mass is 9.70. The molecule has 208 valence electrons. The quantitative estimate of drug-likeness (QED) is 0.253. The summed E-state index contributed by atoms with van der Waals surface area (Å²) in [7, 11) is 0. The highest BCUT2D eigenvalue weighted by atomic mass is 19.4. The Hall–Kier alpha value is -3.69. The molecule has 0 amide bonds. The Morgan fingerprint density at radius 3 is 2.54 bits per heavy atom. The first-order valence-electron chi connectivity index (χ1n) is 13.2. The van der Waals surface area contributed by atoms with Crippen molar-refractivity contribution in [3.63, 3.8) is 0 Å². The van der Waals surface area contributed by atoms with E-state index in [0.29, 0.717) is 35.8 Å². The van der Waals surface area contributed by atoms with E-state index >= 15 is 0 Å². The number of benzene rings is 2. The number of nitrogens with zero attached hydrogens (tertiary/aromatic N) is 3. The van der Waals surface area contributed by atoms with Crippen molar-refractivity contribution in [3.05, 3.63) is 48.2 Å². The van der Waals surface area contributed by atoms with Gasteiger partial charge in [-0.25, -0.2) is 4.98 Å². The van der Waals surface area contributed by atoms with Crippen LogP contribution in [0.5, 0.6) is 11.6 Å². The number of anilines is 2. The smallest absolute Gasteiger partial charge is 0.475 e. The number of aromatic nitrogens is 3. The van der Waals surface area contributed by atoms with Crippen LogP contribution in [-0.4, -0.2) is 27.7 Å². The lowest BCUT2D eigenvalue weighted by Crippen LogP contribution is -2.29. The molecule has 1 aliphatic carbocycles. The first-order chi connectivity index (χ1) is 18.4. The molecule has 2 heterocycles. The molecule has 39 heavy (non-hydrogen) atoms. The topological polar surface area (TPSA) is 74.3 Å². The number of alkyl halides is 3. The predicted octanol–water partition coefficient (Wildman–Crippen LogP) is 8.43. The van der Waals surface area contributed by atoms with Crippen molar-refractivity contribution < 1.29 is 27.2 Å². The number of imidazole rings is 1. The summed E-state index contributed by atoms with van der Waals surface area (Å²) < 4.78 is 55.2. The van der Waals surface area contributed by atoms with Crippen LogP contribution in [0.3, 0.4) is 0 Å². The van der Waals surface area contributed by atoms with Gasteiger partial charge in [-0.1, -0.05) is 26.8 Å². The van der Waals surface area contributed by atoms with Crippen LogP contribution in [0.15, 0.2) is 47.0 Å². The second kappa shape index (κ2) is 10.1. The lowest BCUT2D eigenvalue weighted by molar-refractivity contribution is -0.274. The van der Waals surface area contributed by atoms with Crippen LogP contribution >= 0.6 is 0 Å². The number of fused-ring (bicyclic) bond motifs is 1. The maximum absolute atomic E-state index is 12.6. The Bertz CT molecular complexity index is 1460. The fraction of sp³-hybridized carbons (Fsp3) is 0.448. The number of hydrogen-bond acceptors (Lipinski definition) is 6. The number of aryl methyl sites for hydroxylation is 1. The third-order valence-electron chi connectivity index (χ3n) is 7.16. The minimum Gasteiger partial charge on any atom is -0.475 e. The minimum atomic E-state index is -4.74. The molecular formula is C29H33F3N4O3. The molecule has 5 rings (SSSR count). The minimum absolute atomic E-state index is 0.165. The van der Waals surface area contributed by atoms with Crippen molar-refractivity contribution in [2.24, 2.45) is 11.3 Å². The third-order valence-corrected chi connectivity index (χ3v) is 7.16. The van der Waals surface area contributed by atoms with Crippen LogP contribution in [0.4, 0.5) is 24.8 Å². The zero-order valence-electron chi connectivity index (χ0n) is 22.7. The highest BCUT2D eigenvalue weighted by Gasteiger charge is 2.35. The van der Waals surface area contributed by atoms with E-state index in [1.165, 1.54) is 12.1 Å². The van der Waals surface area contributed by atoms with Gasteiger partial charge in [0.05, 0.1) is 23.2 Å². The van der Waals surface area contributed by atoms with Gasteiger partial charge in [-0.05, 0) is 91.6 Å². The summed E-state index contributed by atoms with van der Waals surface area (Å²) in [6.45, 7) is 11.1. The van der Waals surface area contributed by atoms with Crippen LogP contribution in [0.2, 0.25) is 0 Å². The average molecular weight is 543 g/mol. The van der Waals surface area contributed by atoms with Gasteiger partial charge in [-0.2, -0.15) is 0 Å². The molecule has 0 unspecified atom stereocenters. The van der Waals surface area contributed by atoms with Crippen molar-refractivity contribution in [1.82, 2.24) is 14.7 Å². The normalized spacial score (nSPS) is 19.3. The van der Waals surface area contributed by atoms with E-state index in [1.54, 1.807) is 12.1 Å². The number of hydrogen-bond donors (Lipinski definition) is 1. The molecule has 1 N–H and O–H groups in total. The van der Waals surface area contributed by atoms with E-state index < -0.39 is 6.36 Å². The molecular weight excluding hydrogens is 509 g/mol. The second-order valence-electron chi connectivity index (χ2n) is 11.1. The molecule has 0 radical (unpaired) electrons. The van der Waals surface area contributed by atoms with Gasteiger partial charge >= 0.3 is 6.36 Å². The highest BCUT2D eigenvalue weighted by Crippen LogP contribution is 2.46. The van der Waals surface area contributed by atoms with Gasteiger partial charge in [0.25, 0.3) is 5.88 Å². The van der Waals surface area contributed by atoms with Crippen molar-refractivity contribution in [2.75, 3.05) is 11.9 Å². The number of ether oxygens (including phenoxy) is 2. The Labute approximate surface area is 225 Å². The summed E-state index contributed by atoms with van der Waals surface area (Å²) in [5.41, 5.74) is 4.20. The van der Waals surface area contributed by atoms with Crippen LogP contribution in [0, 0.1) is 18.3 Å². The fourth-order valence-corrected chi connectivity index (χ4v) is 5.99. The Morgan fingerprint density at radius 1 is 1.13 bits per heavy atom. The van der Waals surface area contributed by atoms with Gasteiger partial charge in [0.15, 0.2) is 0 Å². The maximum Gasteiger partial charge on any atom is 0.573 e. The second-order valence-corrected chi connectivity index (χ2v) is 11.1. The standard InChI is InChI=1S/C29H33F3N4O3/c1-6-37-26-25(18(3)39-35-26)19-7-12-24-23(14-19)34-27(36(24)21-13-17(2)15-28(4,5)16-21)33-20-8-10-22(11-9-20)38-29(30,31)32/h7-12,14,17,21H,6,13,15-16H2,1-5H3,(H,33,34)/t17-,21+/m0/s1. The monoisotopic (exact) mass is 542 g/mol. The zero-order chi connectivity index (χ0) is 27.9. The first-order valence-corrected chi connectivity index (χ1v) is 13.2. The molecule has 1 saturated carbocycles. The lowest BCUT2D eigenvalue weighted by Gasteiger charge is -2.40. The zero-order valence-corrected chi connectivity index (χ0v) is 22.7. The van der Waals surface area contributed by atoms with Gasteiger partial charge in [0, 0.05) is 11.7 Å². The molecule has 10 heteroatoms. The van der Waals surface area contributed by atoms with Gasteiger partial charge in [0.1, 0.15) is 11.5 Å². The largest absolute Gasteiger partial charge is 0.573 e. The SMILES string of the molecule is CCOc1noc(C)c1-c1ccc2c(c1)nc(Nc1ccc(OC(F)(F)F)cc1)n2[C@@H]1C[C@H](C)CC(C)(C)C1. The fourth-order valence-electron chi connectivity index (χ4n) is 5.99. The summed E-state index contributed by atoms with van der Waals surface area (Å²) in [4.78, 5) is 4.96. The van der Waals surface area contributed by atoms with Crippen molar-refractivity contribution in [1.29, 1.82) is 0 Å². The van der Waals surface area contributed by atoms with E-state index in [-0.39, 0.29) is 17.2 Å². The van der Waals surface area contributed by atoms with E-state index in [4.69, 9.17) is 14.2 Å². The average Bonchev–Trinajstić information content (AvgIpc) is 3.37. The van der Waals surface area contributed by atoms with E-state index in [0.717, 1.165) is 41.4 Å². The molecule has 7 nitrogen and oxygen atoms in total. The Kier molecular flexibility index (Phi) is 6.99. The summed E-state index contributed by atoms with van der Waals surface area (Å²) in [5.74, 6) is 1.99. The van der Waals surface area contributed by atoms with Crippen molar-refractivity contribution >= 4 is 22.7 Å². The van der Waals surface area contributed by atoms with E-state index in [2.05, 4.69) is 46.6 Å². The summed E-state index contributed by atoms with van der Waals surface area (Å²) >= 11 is 0. The Morgan fingerprint density at radius 2 is 1.87 bits per heavy atom. The van der Waals surface area contributed by atoms with E-state index in [9.17, 15) is 13.2 Å². The molecule has 0 saturated heterocycles. The van der Waals surface area contributed by atoms with Crippen molar-refractivity contribution in [3.8, 4) is 22.8 Å². The molecule has 2 aromatic carbocycles. The molecule has 0 bridgehead atoms. The summed E-state index contributed by atoms with van der Waals surface area (Å²) in [6, 6.07) is 12.0. The number of halogens is 3. The maximum atomic E-state index is 12.6. The molecule has 0 spiro atoms. The Balaban J connectivity index is 1.57.